The molecule has 6 N–H and O–H groups in total. The molecule has 138 valence electrons. The molecule has 2 aromatic heterocycles. The number of H-pyrrole nitrogens is 1. The highest BCUT2D eigenvalue weighted by Gasteiger charge is 2.19. The van der Waals surface area contributed by atoms with E-state index < -0.39 is 47.7 Å². The van der Waals surface area contributed by atoms with Crippen molar-refractivity contribution in [1.29, 1.82) is 0 Å². The van der Waals surface area contributed by atoms with Crippen LogP contribution < -0.4 is 28.4 Å². The Labute approximate surface area is 144 Å². The molecule has 2 heterocycles. The summed E-state index contributed by atoms with van der Waals surface area (Å²) in [5, 5.41) is 8.96. The summed E-state index contributed by atoms with van der Waals surface area (Å²) in [5.74, 6) is -3.14. The van der Waals surface area contributed by atoms with Crippen LogP contribution in [0.3, 0.4) is 0 Å². The fourth-order valence-electron chi connectivity index (χ4n) is 2.16. The molecule has 0 spiro atoms. The summed E-state index contributed by atoms with van der Waals surface area (Å²) in [6.45, 7) is -0.663. The van der Waals surface area contributed by atoms with Crippen molar-refractivity contribution in [3.63, 3.8) is 0 Å². The van der Waals surface area contributed by atoms with Crippen LogP contribution in [0.4, 0.5) is 5.82 Å². The molecule has 0 aliphatic heterocycles. The zero-order valence-corrected chi connectivity index (χ0v) is 13.4. The minimum Gasteiger partial charge on any atom is -0.481 e. The Balaban J connectivity index is 2.28. The van der Waals surface area contributed by atoms with Crippen LogP contribution in [0.15, 0.2) is 32.7 Å². The van der Waals surface area contributed by atoms with E-state index in [9.17, 15) is 24.0 Å². The third-order valence-corrected chi connectivity index (χ3v) is 3.55. The molecular formula is C14H16N6O6. The summed E-state index contributed by atoms with van der Waals surface area (Å²) in [7, 11) is 0. The number of carbonyl (C=O) groups is 2. The molecule has 2 aromatic rings. The van der Waals surface area contributed by atoms with Gasteiger partial charge in [-0.1, -0.05) is 0 Å². The highest BCUT2D eigenvalue weighted by Crippen LogP contribution is 1.98. The normalized spacial score (nSPS) is 11.9. The highest BCUT2D eigenvalue weighted by molar-refractivity contribution is 5.80. The second kappa shape index (κ2) is 7.57. The van der Waals surface area contributed by atoms with Crippen LogP contribution in [-0.4, -0.2) is 42.6 Å². The first-order valence-corrected chi connectivity index (χ1v) is 7.37. The zero-order chi connectivity index (χ0) is 19.4. The smallest absolute Gasteiger partial charge is 0.356 e. The topological polar surface area (TPSA) is 196 Å². The number of carboxylic acid groups (broad SMARTS) is 1. The molecule has 12 heteroatoms. The van der Waals surface area contributed by atoms with Crippen LogP contribution in [0.1, 0.15) is 10.5 Å². The molecule has 0 radical (unpaired) electrons. The third-order valence-electron chi connectivity index (χ3n) is 3.55. The number of aromatic amines is 1. The average Bonchev–Trinajstić information content (AvgIpc) is 2.53. The van der Waals surface area contributed by atoms with Gasteiger partial charge in [0.25, 0.3) is 5.56 Å². The Morgan fingerprint density at radius 1 is 1.31 bits per heavy atom. The Kier molecular flexibility index (Phi) is 5.47. The van der Waals surface area contributed by atoms with E-state index in [0.717, 1.165) is 12.3 Å². The monoisotopic (exact) mass is 364 g/mol. The number of hydrogen-bond acceptors (Lipinski definition) is 8. The molecule has 1 atom stereocenters. The number of aromatic nitrogens is 4. The van der Waals surface area contributed by atoms with E-state index in [4.69, 9.17) is 16.6 Å². The van der Waals surface area contributed by atoms with Gasteiger partial charge in [0.15, 0.2) is 0 Å². The van der Waals surface area contributed by atoms with Crippen molar-refractivity contribution >= 4 is 17.7 Å². The lowest BCUT2D eigenvalue weighted by Gasteiger charge is -2.11. The van der Waals surface area contributed by atoms with Gasteiger partial charge in [-0.2, -0.15) is 4.98 Å². The molecule has 0 saturated carbocycles. The molecular weight excluding hydrogens is 348 g/mol. The van der Waals surface area contributed by atoms with Crippen LogP contribution in [0.25, 0.3) is 0 Å². The SMILES string of the molecule is NCC(Cn1c(=O)cc(CC(=O)n2ccc(N)nc2=O)[nH]c1=O)C(=O)O. The van der Waals surface area contributed by atoms with Gasteiger partial charge in [-0.15, -0.1) is 0 Å². The molecule has 0 amide bonds. The van der Waals surface area contributed by atoms with Crippen molar-refractivity contribution in [3.8, 4) is 0 Å². The average molecular weight is 364 g/mol. The summed E-state index contributed by atoms with van der Waals surface area (Å²) in [6.07, 6.45) is 0.682. The molecule has 12 nitrogen and oxygen atoms in total. The summed E-state index contributed by atoms with van der Waals surface area (Å²) < 4.78 is 1.37. The van der Waals surface area contributed by atoms with E-state index in [1.807, 2.05) is 0 Å². The first kappa shape index (κ1) is 18.8. The fraction of sp³-hybridized carbons (Fsp3) is 0.286. The van der Waals surface area contributed by atoms with E-state index in [-0.39, 0.29) is 18.1 Å². The Morgan fingerprint density at radius 3 is 2.54 bits per heavy atom. The molecule has 0 aromatic carbocycles. The van der Waals surface area contributed by atoms with Crippen molar-refractivity contribution < 1.29 is 14.7 Å². The molecule has 1 unspecified atom stereocenters. The Hall–Kier alpha value is -3.54. The molecule has 0 aliphatic rings. The van der Waals surface area contributed by atoms with Gasteiger partial charge in [0.1, 0.15) is 5.82 Å². The van der Waals surface area contributed by atoms with Gasteiger partial charge in [-0.25, -0.2) is 14.2 Å². The molecule has 0 saturated heterocycles. The van der Waals surface area contributed by atoms with Gasteiger partial charge < -0.3 is 21.6 Å². The summed E-state index contributed by atoms with van der Waals surface area (Å²) in [6, 6.07) is 2.23. The number of carbonyl (C=O) groups excluding carboxylic acids is 1. The van der Waals surface area contributed by atoms with Gasteiger partial charge in [-0.3, -0.25) is 19.0 Å². The first-order chi connectivity index (χ1) is 12.2. The van der Waals surface area contributed by atoms with Crippen LogP contribution in [0, 0.1) is 5.92 Å². The number of anilines is 1. The molecule has 0 fully saturated rings. The number of nitrogen functional groups attached to an aromatic ring is 1. The van der Waals surface area contributed by atoms with Crippen molar-refractivity contribution in [2.45, 2.75) is 13.0 Å². The maximum atomic E-state index is 12.1. The number of carboxylic acids is 1. The predicted octanol–water partition coefficient (Wildman–Crippen LogP) is -2.78. The van der Waals surface area contributed by atoms with E-state index >= 15 is 0 Å². The maximum absolute atomic E-state index is 12.1. The lowest BCUT2D eigenvalue weighted by molar-refractivity contribution is -0.141. The number of nitrogens with two attached hydrogens (primary N) is 2. The second-order valence-electron chi connectivity index (χ2n) is 5.39. The largest absolute Gasteiger partial charge is 0.481 e. The Morgan fingerprint density at radius 2 is 2.00 bits per heavy atom. The number of hydrogen-bond donors (Lipinski definition) is 4. The second-order valence-corrected chi connectivity index (χ2v) is 5.39. The van der Waals surface area contributed by atoms with Crippen LogP contribution in [0.2, 0.25) is 0 Å². The van der Waals surface area contributed by atoms with E-state index in [1.165, 1.54) is 6.07 Å². The van der Waals surface area contributed by atoms with E-state index in [1.54, 1.807) is 0 Å². The molecule has 26 heavy (non-hydrogen) atoms. The highest BCUT2D eigenvalue weighted by atomic mass is 16.4. The van der Waals surface area contributed by atoms with Gasteiger partial charge >= 0.3 is 17.3 Å². The summed E-state index contributed by atoms with van der Waals surface area (Å²) in [4.78, 5) is 64.5. The minimum atomic E-state index is -1.24. The van der Waals surface area contributed by atoms with Crippen molar-refractivity contribution in [3.05, 3.63) is 55.3 Å². The van der Waals surface area contributed by atoms with Crippen LogP contribution >= 0.6 is 0 Å². The lowest BCUT2D eigenvalue weighted by Crippen LogP contribution is -2.41. The first-order valence-electron chi connectivity index (χ1n) is 7.37. The van der Waals surface area contributed by atoms with Gasteiger partial charge in [0, 0.05) is 31.0 Å². The quantitative estimate of drug-likeness (QED) is 0.419. The van der Waals surface area contributed by atoms with E-state index in [2.05, 4.69) is 9.97 Å². The summed E-state index contributed by atoms with van der Waals surface area (Å²) >= 11 is 0. The molecule has 2 rings (SSSR count). The third kappa shape index (κ3) is 4.10. The van der Waals surface area contributed by atoms with Gasteiger partial charge in [0.2, 0.25) is 5.91 Å². The minimum absolute atomic E-state index is 0.0374. The van der Waals surface area contributed by atoms with Gasteiger partial charge in [-0.05, 0) is 6.07 Å². The number of aliphatic carboxylic acids is 1. The summed E-state index contributed by atoms with van der Waals surface area (Å²) in [5.41, 5.74) is 8.03. The standard InChI is InChI=1S/C14H16N6O6/c15-5-7(12(23)24)6-20-11(22)4-8(17-13(20)25)3-10(21)19-2-1-9(16)18-14(19)26/h1-2,4,7H,3,5-6,15H2,(H,17,25)(H,23,24)(H2,16,18,26). The maximum Gasteiger partial charge on any atom is 0.356 e. The molecule has 0 aliphatic carbocycles. The zero-order valence-electron chi connectivity index (χ0n) is 13.4. The van der Waals surface area contributed by atoms with E-state index in [0.29, 0.717) is 9.13 Å². The Bertz CT molecular complexity index is 988. The lowest BCUT2D eigenvalue weighted by atomic mass is 10.1. The van der Waals surface area contributed by atoms with Crippen molar-refractivity contribution in [1.82, 2.24) is 19.1 Å². The van der Waals surface area contributed by atoms with Crippen LogP contribution in [-0.2, 0) is 17.8 Å². The number of rotatable bonds is 6. The molecule has 0 bridgehead atoms. The number of nitrogens with one attached hydrogen (secondary N) is 1. The van der Waals surface area contributed by atoms with Crippen molar-refractivity contribution in [2.24, 2.45) is 11.7 Å². The predicted molar refractivity (Wildman–Crippen MR) is 88.7 cm³/mol. The van der Waals surface area contributed by atoms with Crippen molar-refractivity contribution in [2.75, 3.05) is 12.3 Å². The number of nitrogens with zero attached hydrogens (tertiary/aromatic N) is 3. The van der Waals surface area contributed by atoms with Gasteiger partial charge in [0.05, 0.1) is 12.3 Å². The van der Waals surface area contributed by atoms with Crippen LogP contribution in [0.5, 0.6) is 0 Å². The fourth-order valence-corrected chi connectivity index (χ4v) is 2.16.